The van der Waals surface area contributed by atoms with Crippen LogP contribution in [0, 0.1) is 6.92 Å². The van der Waals surface area contributed by atoms with Gasteiger partial charge >= 0.3 is 12.1 Å². The van der Waals surface area contributed by atoms with Crippen molar-refractivity contribution < 1.29 is 41.1 Å². The zero-order valence-corrected chi connectivity index (χ0v) is 21.3. The predicted octanol–water partition coefficient (Wildman–Crippen LogP) is 0.975. The summed E-state index contributed by atoms with van der Waals surface area (Å²) in [5.41, 5.74) is 15.2. The molecule has 1 aromatic carbocycles. The van der Waals surface area contributed by atoms with E-state index in [1.165, 1.54) is 24.3 Å². The van der Waals surface area contributed by atoms with E-state index in [1.54, 1.807) is 19.1 Å². The number of halogens is 4. The number of alkyl halides is 3. The van der Waals surface area contributed by atoms with Gasteiger partial charge in [0.2, 0.25) is 11.9 Å². The lowest BCUT2D eigenvalue weighted by atomic mass is 10.1. The minimum Gasteiger partial charge on any atom is -0.475 e. The topological polar surface area (TPSA) is 222 Å². The highest BCUT2D eigenvalue weighted by molar-refractivity contribution is 9.10. The number of anilines is 1. The van der Waals surface area contributed by atoms with Gasteiger partial charge in [0.15, 0.2) is 0 Å². The van der Waals surface area contributed by atoms with Crippen molar-refractivity contribution in [1.82, 2.24) is 4.57 Å². The molecule has 0 fully saturated rings. The number of carbonyl (C=O) groups excluding carboxylic acids is 1. The molecular weight excluding hydrogens is 593 g/mol. The van der Waals surface area contributed by atoms with E-state index in [0.717, 1.165) is 4.57 Å². The molecule has 0 radical (unpaired) electrons. The van der Waals surface area contributed by atoms with E-state index in [-0.39, 0.29) is 29.6 Å². The average molecular weight is 615 g/mol. The molecule has 2 rings (SSSR count). The number of pyridine rings is 1. The molecule has 0 aliphatic heterocycles. The van der Waals surface area contributed by atoms with Crippen molar-refractivity contribution in [3.05, 3.63) is 56.9 Å². The summed E-state index contributed by atoms with van der Waals surface area (Å²) in [6.07, 6.45) is -5.10. The molecule has 18 heteroatoms. The van der Waals surface area contributed by atoms with E-state index < -0.39 is 39.7 Å². The minimum atomic E-state index is -5.08. The number of amides is 1. The van der Waals surface area contributed by atoms with Gasteiger partial charge < -0.3 is 27.1 Å². The van der Waals surface area contributed by atoms with Crippen LogP contribution in [0.25, 0.3) is 0 Å². The standard InChI is InChI=1S/C17H21BrN6O5S.C2HF3O2/c1-10-5-6-13(23-30(27,28)12-4-2-3-11(18)9-12)16(26)24(10)14(15(19)25)7-8-29-22-17(20)21;3-2(4,5)1(6)7/h2-6,9,14,23H,7-8H2,1H3,(H2,19,25)(H4,20,21,22);(H,6,7). The number of aryl methyl sites for hydroxylation is 1. The molecule has 13 nitrogen and oxygen atoms in total. The molecule has 1 amide bonds. The van der Waals surface area contributed by atoms with Gasteiger partial charge in [-0.15, -0.1) is 0 Å². The average Bonchev–Trinajstić information content (AvgIpc) is 2.76. The summed E-state index contributed by atoms with van der Waals surface area (Å²) in [6.45, 7) is 1.48. The first-order valence-corrected chi connectivity index (χ1v) is 12.1. The third-order valence-corrected chi connectivity index (χ3v) is 6.06. The summed E-state index contributed by atoms with van der Waals surface area (Å²) in [7, 11) is -4.04. The van der Waals surface area contributed by atoms with Crippen molar-refractivity contribution >= 4 is 49.5 Å². The molecule has 1 atom stereocenters. The lowest BCUT2D eigenvalue weighted by Crippen LogP contribution is -2.37. The monoisotopic (exact) mass is 614 g/mol. The fourth-order valence-electron chi connectivity index (χ4n) is 2.63. The Bertz CT molecular complexity index is 1330. The molecule has 0 bridgehead atoms. The molecule has 0 saturated carbocycles. The number of nitrogens with zero attached hydrogens (tertiary/aromatic N) is 2. The first-order valence-electron chi connectivity index (χ1n) is 9.78. The normalized spacial score (nSPS) is 11.9. The highest BCUT2D eigenvalue weighted by Gasteiger charge is 2.38. The zero-order valence-electron chi connectivity index (χ0n) is 18.9. The summed E-state index contributed by atoms with van der Waals surface area (Å²) in [5.74, 6) is -3.86. The number of rotatable bonds is 9. The molecule has 0 saturated heterocycles. The SMILES string of the molecule is Cc1ccc(NS(=O)(=O)c2cccc(Br)c2)c(=O)n1C(CCON=C(N)N)C(N)=O.O=C(O)C(F)(F)F. The summed E-state index contributed by atoms with van der Waals surface area (Å²) in [5, 5.41) is 10.5. The molecule has 1 unspecified atom stereocenters. The molecule has 0 aliphatic rings. The molecule has 204 valence electrons. The van der Waals surface area contributed by atoms with Crippen molar-refractivity contribution in [2.45, 2.75) is 30.5 Å². The van der Waals surface area contributed by atoms with Gasteiger partial charge in [-0.2, -0.15) is 13.2 Å². The fourth-order valence-corrected chi connectivity index (χ4v) is 4.28. The van der Waals surface area contributed by atoms with Crippen LogP contribution >= 0.6 is 15.9 Å². The fraction of sp³-hybridized carbons (Fsp3) is 0.263. The Morgan fingerprint density at radius 3 is 2.30 bits per heavy atom. The van der Waals surface area contributed by atoms with Crippen LogP contribution in [0.4, 0.5) is 18.9 Å². The maximum atomic E-state index is 13.0. The number of sulfonamides is 1. The number of guanidine groups is 1. The Labute approximate surface area is 216 Å². The highest BCUT2D eigenvalue weighted by atomic mass is 79.9. The molecule has 0 aliphatic carbocycles. The van der Waals surface area contributed by atoms with Crippen LogP contribution in [0.2, 0.25) is 0 Å². The number of hydrogen-bond acceptors (Lipinski definition) is 7. The Balaban J connectivity index is 0.000000856. The number of primary amides is 1. The van der Waals surface area contributed by atoms with Crippen molar-refractivity contribution in [1.29, 1.82) is 0 Å². The van der Waals surface area contributed by atoms with Gasteiger partial charge in [-0.25, -0.2) is 13.2 Å². The first-order chi connectivity index (χ1) is 17.0. The Kier molecular flexibility index (Phi) is 10.9. The number of benzene rings is 1. The Morgan fingerprint density at radius 2 is 1.81 bits per heavy atom. The Morgan fingerprint density at radius 1 is 1.22 bits per heavy atom. The molecule has 1 heterocycles. The van der Waals surface area contributed by atoms with Crippen molar-refractivity contribution in [3.8, 4) is 0 Å². The largest absolute Gasteiger partial charge is 0.490 e. The summed E-state index contributed by atoms with van der Waals surface area (Å²) in [6, 6.07) is 7.69. The van der Waals surface area contributed by atoms with Gasteiger partial charge in [0, 0.05) is 16.6 Å². The van der Waals surface area contributed by atoms with Crippen molar-refractivity contribution in [2.24, 2.45) is 22.4 Å². The minimum absolute atomic E-state index is 0.0192. The number of hydrogen-bond donors (Lipinski definition) is 5. The van der Waals surface area contributed by atoms with Crippen molar-refractivity contribution in [2.75, 3.05) is 11.3 Å². The number of nitrogens with one attached hydrogen (secondary N) is 1. The van der Waals surface area contributed by atoms with E-state index in [2.05, 4.69) is 25.8 Å². The van der Waals surface area contributed by atoms with Crippen molar-refractivity contribution in [3.63, 3.8) is 0 Å². The number of oxime groups is 1. The second kappa shape index (κ2) is 12.9. The lowest BCUT2D eigenvalue weighted by molar-refractivity contribution is -0.192. The number of carboxylic acids is 1. The molecule has 1 aromatic heterocycles. The third-order valence-electron chi connectivity index (χ3n) is 4.21. The van der Waals surface area contributed by atoms with Crippen LogP contribution in [-0.4, -0.2) is 48.7 Å². The number of nitrogens with two attached hydrogens (primary N) is 3. The van der Waals surface area contributed by atoms with Crippen LogP contribution in [0.1, 0.15) is 18.2 Å². The number of aromatic nitrogens is 1. The number of carbonyl (C=O) groups is 2. The van der Waals surface area contributed by atoms with Crippen LogP contribution in [-0.2, 0) is 24.4 Å². The maximum Gasteiger partial charge on any atom is 0.490 e. The maximum absolute atomic E-state index is 13.0. The molecule has 0 spiro atoms. The molecule has 2 aromatic rings. The first kappa shape index (κ1) is 31.2. The molecule has 37 heavy (non-hydrogen) atoms. The highest BCUT2D eigenvalue weighted by Crippen LogP contribution is 2.20. The van der Waals surface area contributed by atoms with E-state index in [1.807, 2.05) is 0 Å². The second-order valence-electron chi connectivity index (χ2n) is 6.99. The Hall–Kier alpha value is -3.80. The number of aliphatic carboxylic acids is 1. The smallest absolute Gasteiger partial charge is 0.475 e. The van der Waals surface area contributed by atoms with Gasteiger partial charge in [0.05, 0.1) is 4.90 Å². The predicted molar refractivity (Wildman–Crippen MR) is 129 cm³/mol. The third kappa shape index (κ3) is 9.64. The van der Waals surface area contributed by atoms with E-state index in [0.29, 0.717) is 10.2 Å². The van der Waals surface area contributed by atoms with E-state index in [9.17, 15) is 31.2 Å². The molecule has 8 N–H and O–H groups in total. The van der Waals surface area contributed by atoms with E-state index in [4.69, 9.17) is 31.9 Å². The van der Waals surface area contributed by atoms with Gasteiger partial charge in [-0.3, -0.25) is 18.9 Å². The van der Waals surface area contributed by atoms with Crippen LogP contribution in [0.15, 0.2) is 55.7 Å². The van der Waals surface area contributed by atoms with Gasteiger partial charge in [0.1, 0.15) is 18.3 Å². The summed E-state index contributed by atoms with van der Waals surface area (Å²) < 4.78 is 60.9. The zero-order chi connectivity index (χ0) is 28.6. The van der Waals surface area contributed by atoms with Gasteiger partial charge in [-0.1, -0.05) is 22.0 Å². The number of carboxylic acid groups (broad SMARTS) is 1. The van der Waals surface area contributed by atoms with E-state index >= 15 is 0 Å². The van der Waals surface area contributed by atoms with Crippen LogP contribution in [0.3, 0.4) is 0 Å². The molecular formula is C19H22BrF3N6O7S. The van der Waals surface area contributed by atoms with Crippen LogP contribution in [0.5, 0.6) is 0 Å². The van der Waals surface area contributed by atoms with Crippen LogP contribution < -0.4 is 27.5 Å². The lowest BCUT2D eigenvalue weighted by Gasteiger charge is -2.20. The summed E-state index contributed by atoms with van der Waals surface area (Å²) in [4.78, 5) is 38.6. The van der Waals surface area contributed by atoms with Gasteiger partial charge in [-0.05, 0) is 42.4 Å². The quantitative estimate of drug-likeness (QED) is 0.117. The van der Waals surface area contributed by atoms with Gasteiger partial charge in [0.25, 0.3) is 15.6 Å². The second-order valence-corrected chi connectivity index (χ2v) is 9.58. The summed E-state index contributed by atoms with van der Waals surface area (Å²) >= 11 is 3.20.